The van der Waals surface area contributed by atoms with Gasteiger partial charge in [0.2, 0.25) is 11.8 Å². The van der Waals surface area contributed by atoms with Crippen molar-refractivity contribution >= 4 is 11.9 Å². The smallest absolute Gasteiger partial charge is 0.254 e. The van der Waals surface area contributed by atoms with E-state index < -0.39 is 0 Å². The molecule has 2 aliphatic heterocycles. The van der Waals surface area contributed by atoms with Crippen LogP contribution in [0.4, 0.5) is 5.95 Å². The highest BCUT2D eigenvalue weighted by Crippen LogP contribution is 2.35. The average Bonchev–Trinajstić information content (AvgIpc) is 2.89. The van der Waals surface area contributed by atoms with E-state index in [1.165, 1.54) is 0 Å². The van der Waals surface area contributed by atoms with Crippen molar-refractivity contribution in [1.82, 2.24) is 19.8 Å². The van der Waals surface area contributed by atoms with Gasteiger partial charge in [0.05, 0.1) is 24.9 Å². The number of anilines is 1. The number of benzene rings is 2. The molecule has 1 fully saturated rings. The fourth-order valence-corrected chi connectivity index (χ4v) is 4.35. The van der Waals surface area contributed by atoms with Gasteiger partial charge in [0.25, 0.3) is 5.91 Å². The van der Waals surface area contributed by atoms with Crippen LogP contribution in [0.2, 0.25) is 0 Å². The molecule has 0 atom stereocenters. The van der Waals surface area contributed by atoms with Crippen LogP contribution in [-0.2, 0) is 13.0 Å². The van der Waals surface area contributed by atoms with Gasteiger partial charge in [-0.2, -0.15) is 4.98 Å². The lowest BCUT2D eigenvalue weighted by Gasteiger charge is -2.34. The lowest BCUT2D eigenvalue weighted by atomic mass is 10.1. The zero-order valence-electron chi connectivity index (χ0n) is 19.6. The van der Waals surface area contributed by atoms with Crippen LogP contribution in [0.1, 0.15) is 21.6 Å². The quantitative estimate of drug-likeness (QED) is 0.580. The van der Waals surface area contributed by atoms with Gasteiger partial charge < -0.3 is 24.2 Å². The highest BCUT2D eigenvalue weighted by Gasteiger charge is 2.29. The lowest BCUT2D eigenvalue weighted by molar-refractivity contribution is 0.0732. The van der Waals surface area contributed by atoms with E-state index in [-0.39, 0.29) is 5.91 Å². The third kappa shape index (κ3) is 4.54. The first-order chi connectivity index (χ1) is 16.6. The SMILES string of the molecule is COc1ccccc1Oc1nc(N2CCN(C)CC2)nc2c1CN(C(=O)c1ccccc1)CC2. The number of fused-ring (bicyclic) bond motifs is 1. The number of carbonyl (C=O) groups excluding carboxylic acids is 1. The summed E-state index contributed by atoms with van der Waals surface area (Å²) in [5, 5.41) is 0. The number of piperazine rings is 1. The Morgan fingerprint density at radius 3 is 2.32 bits per heavy atom. The van der Waals surface area contributed by atoms with E-state index >= 15 is 0 Å². The zero-order chi connectivity index (χ0) is 23.5. The van der Waals surface area contributed by atoms with Gasteiger partial charge in [0, 0.05) is 44.7 Å². The molecule has 0 aliphatic carbocycles. The molecular weight excluding hydrogens is 430 g/mol. The van der Waals surface area contributed by atoms with Crippen LogP contribution in [0.3, 0.4) is 0 Å². The molecule has 0 unspecified atom stereocenters. The molecule has 3 heterocycles. The maximum Gasteiger partial charge on any atom is 0.254 e. The second-order valence-electron chi connectivity index (χ2n) is 8.64. The summed E-state index contributed by atoms with van der Waals surface area (Å²) in [5.74, 6) is 2.37. The molecule has 34 heavy (non-hydrogen) atoms. The van der Waals surface area contributed by atoms with Crippen LogP contribution in [0.25, 0.3) is 0 Å². The molecule has 8 nitrogen and oxygen atoms in total. The molecular formula is C26H29N5O3. The molecule has 8 heteroatoms. The van der Waals surface area contributed by atoms with E-state index in [0.717, 1.165) is 37.4 Å². The van der Waals surface area contributed by atoms with Crippen LogP contribution in [-0.4, -0.2) is 72.6 Å². The Hall–Kier alpha value is -3.65. The summed E-state index contributed by atoms with van der Waals surface area (Å²) in [6, 6.07) is 16.9. The first kappa shape index (κ1) is 22.2. The Kier molecular flexibility index (Phi) is 6.31. The van der Waals surface area contributed by atoms with E-state index in [1.807, 2.05) is 59.5 Å². The van der Waals surface area contributed by atoms with Gasteiger partial charge in [0.1, 0.15) is 0 Å². The second-order valence-corrected chi connectivity index (χ2v) is 8.64. The van der Waals surface area contributed by atoms with Crippen LogP contribution in [0.15, 0.2) is 54.6 Å². The van der Waals surface area contributed by atoms with Gasteiger partial charge in [-0.1, -0.05) is 30.3 Å². The van der Waals surface area contributed by atoms with Crippen molar-refractivity contribution in [2.75, 3.05) is 51.8 Å². The summed E-state index contributed by atoms with van der Waals surface area (Å²) in [6.07, 6.45) is 0.652. The monoisotopic (exact) mass is 459 g/mol. The minimum atomic E-state index is -0.00219. The highest BCUT2D eigenvalue weighted by molar-refractivity contribution is 5.94. The predicted molar refractivity (Wildman–Crippen MR) is 130 cm³/mol. The molecule has 1 aromatic heterocycles. The Labute approximate surface area is 199 Å². The molecule has 5 rings (SSSR count). The number of hydrogen-bond donors (Lipinski definition) is 0. The van der Waals surface area contributed by atoms with Crippen molar-refractivity contribution in [3.8, 4) is 17.4 Å². The first-order valence-corrected chi connectivity index (χ1v) is 11.6. The maximum atomic E-state index is 13.1. The van der Waals surface area contributed by atoms with Gasteiger partial charge in [-0.15, -0.1) is 0 Å². The molecule has 1 saturated heterocycles. The molecule has 3 aromatic rings. The van der Waals surface area contributed by atoms with Gasteiger partial charge in [-0.05, 0) is 31.3 Å². The van der Waals surface area contributed by atoms with Crippen LogP contribution < -0.4 is 14.4 Å². The van der Waals surface area contributed by atoms with E-state index in [0.29, 0.717) is 48.4 Å². The summed E-state index contributed by atoms with van der Waals surface area (Å²) < 4.78 is 11.8. The molecule has 2 aliphatic rings. The molecule has 1 amide bonds. The first-order valence-electron chi connectivity index (χ1n) is 11.6. The van der Waals surface area contributed by atoms with Crippen molar-refractivity contribution in [2.45, 2.75) is 13.0 Å². The van der Waals surface area contributed by atoms with Gasteiger partial charge >= 0.3 is 0 Å². The van der Waals surface area contributed by atoms with Crippen molar-refractivity contribution in [3.05, 3.63) is 71.4 Å². The number of carbonyl (C=O) groups is 1. The normalized spacial score (nSPS) is 16.2. The molecule has 0 N–H and O–H groups in total. The third-order valence-electron chi connectivity index (χ3n) is 6.38. The number of amides is 1. The van der Waals surface area contributed by atoms with Gasteiger partial charge in [0.15, 0.2) is 11.5 Å². The Balaban J connectivity index is 1.50. The minimum Gasteiger partial charge on any atom is -0.493 e. The van der Waals surface area contributed by atoms with E-state index in [1.54, 1.807) is 7.11 Å². The number of rotatable bonds is 5. The summed E-state index contributed by atoms with van der Waals surface area (Å²) in [5.41, 5.74) is 2.46. The van der Waals surface area contributed by atoms with Crippen LogP contribution in [0, 0.1) is 0 Å². The standard InChI is InChI=1S/C26H29N5O3/c1-29-14-16-30(17-15-29)26-27-21-12-13-31(25(32)19-8-4-3-5-9-19)18-20(21)24(28-26)34-23-11-7-6-10-22(23)33-2/h3-11H,12-18H2,1-2H3. The summed E-state index contributed by atoms with van der Waals surface area (Å²) in [6.45, 7) is 4.65. The number of hydrogen-bond acceptors (Lipinski definition) is 7. The minimum absolute atomic E-state index is 0.00219. The van der Waals surface area contributed by atoms with E-state index in [4.69, 9.17) is 19.4 Å². The molecule has 0 spiro atoms. The Morgan fingerprint density at radius 2 is 1.59 bits per heavy atom. The molecule has 0 bridgehead atoms. The van der Waals surface area contributed by atoms with Crippen LogP contribution in [0.5, 0.6) is 17.4 Å². The van der Waals surface area contributed by atoms with E-state index in [2.05, 4.69) is 16.8 Å². The van der Waals surface area contributed by atoms with E-state index in [9.17, 15) is 4.79 Å². The summed E-state index contributed by atoms with van der Waals surface area (Å²) >= 11 is 0. The van der Waals surface area contributed by atoms with Crippen molar-refractivity contribution < 1.29 is 14.3 Å². The van der Waals surface area contributed by atoms with Crippen molar-refractivity contribution in [1.29, 1.82) is 0 Å². The highest BCUT2D eigenvalue weighted by atomic mass is 16.5. The van der Waals surface area contributed by atoms with Crippen molar-refractivity contribution in [2.24, 2.45) is 0 Å². The topological polar surface area (TPSA) is 71.0 Å². The van der Waals surface area contributed by atoms with Gasteiger partial charge in [-0.3, -0.25) is 4.79 Å². The Morgan fingerprint density at radius 1 is 0.882 bits per heavy atom. The number of likely N-dealkylation sites (N-methyl/N-ethyl adjacent to an activating group) is 1. The summed E-state index contributed by atoms with van der Waals surface area (Å²) in [7, 11) is 3.74. The molecule has 0 radical (unpaired) electrons. The number of para-hydroxylation sites is 2. The predicted octanol–water partition coefficient (Wildman–Crippen LogP) is 3.23. The molecule has 2 aromatic carbocycles. The fraction of sp³-hybridized carbons (Fsp3) is 0.346. The van der Waals surface area contributed by atoms with Gasteiger partial charge in [-0.25, -0.2) is 4.98 Å². The number of methoxy groups -OCH3 is 1. The molecule has 0 saturated carbocycles. The zero-order valence-corrected chi connectivity index (χ0v) is 19.6. The molecule has 176 valence electrons. The van der Waals surface area contributed by atoms with Crippen LogP contribution >= 0.6 is 0 Å². The fourth-order valence-electron chi connectivity index (χ4n) is 4.35. The van der Waals surface area contributed by atoms with Crippen molar-refractivity contribution in [3.63, 3.8) is 0 Å². The number of aromatic nitrogens is 2. The average molecular weight is 460 g/mol. The lowest BCUT2D eigenvalue weighted by Crippen LogP contribution is -2.45. The number of nitrogens with zero attached hydrogens (tertiary/aromatic N) is 5. The Bertz CT molecular complexity index is 1160. The largest absolute Gasteiger partial charge is 0.493 e. The number of ether oxygens (including phenoxy) is 2. The third-order valence-corrected chi connectivity index (χ3v) is 6.38. The maximum absolute atomic E-state index is 13.1. The summed E-state index contributed by atoms with van der Waals surface area (Å²) in [4.78, 5) is 29.3. The second kappa shape index (κ2) is 9.69.